The summed E-state index contributed by atoms with van der Waals surface area (Å²) < 4.78 is 0. The number of imide groups is 1. The zero-order chi connectivity index (χ0) is 14.9. The Hall–Kier alpha value is -1.43. The number of rotatable bonds is 2. The van der Waals surface area contributed by atoms with E-state index in [1.54, 1.807) is 0 Å². The number of hydrogen-bond acceptors (Lipinski definition) is 4. The monoisotopic (exact) mass is 281 g/mol. The summed E-state index contributed by atoms with van der Waals surface area (Å²) in [6.45, 7) is 2.03. The molecule has 20 heavy (non-hydrogen) atoms. The van der Waals surface area contributed by atoms with Crippen LogP contribution in [0.15, 0.2) is 0 Å². The summed E-state index contributed by atoms with van der Waals surface area (Å²) in [6, 6.07) is -0.387. The molecule has 112 valence electrons. The van der Waals surface area contributed by atoms with Crippen LogP contribution in [0.25, 0.3) is 0 Å². The lowest BCUT2D eigenvalue weighted by atomic mass is 9.77. The highest BCUT2D eigenvalue weighted by atomic mass is 16.2. The van der Waals surface area contributed by atoms with Crippen molar-refractivity contribution in [3.8, 4) is 0 Å². The molecule has 0 bridgehead atoms. The van der Waals surface area contributed by atoms with Gasteiger partial charge in [0.05, 0.1) is 0 Å². The molecule has 0 aromatic heterocycles. The fourth-order valence-corrected chi connectivity index (χ4v) is 3.16. The number of nitrogens with two attached hydrogens (primary N) is 1. The minimum atomic E-state index is -0.562. The minimum Gasteiger partial charge on any atom is -0.344 e. The molecule has 6 heteroatoms. The summed E-state index contributed by atoms with van der Waals surface area (Å²) in [5.41, 5.74) is 5.90. The fourth-order valence-electron chi connectivity index (χ4n) is 3.16. The van der Waals surface area contributed by atoms with Crippen molar-refractivity contribution in [3.63, 3.8) is 0 Å². The van der Waals surface area contributed by atoms with Gasteiger partial charge >= 0.3 is 0 Å². The molecule has 0 spiro atoms. The smallest absolute Gasteiger partial charge is 0.251 e. The van der Waals surface area contributed by atoms with Gasteiger partial charge in [-0.2, -0.15) is 0 Å². The van der Waals surface area contributed by atoms with Crippen LogP contribution in [0.1, 0.15) is 39.0 Å². The first-order valence-electron chi connectivity index (χ1n) is 7.26. The molecular weight excluding hydrogens is 258 g/mol. The molecule has 4 atom stereocenters. The third-order valence-electron chi connectivity index (χ3n) is 4.51. The van der Waals surface area contributed by atoms with Gasteiger partial charge in [0.1, 0.15) is 6.04 Å². The topological polar surface area (TPSA) is 92.5 Å². The number of nitrogens with one attached hydrogen (secondary N) is 1. The summed E-state index contributed by atoms with van der Waals surface area (Å²) in [7, 11) is 1.46. The Morgan fingerprint density at radius 1 is 1.30 bits per heavy atom. The lowest BCUT2D eigenvalue weighted by molar-refractivity contribution is -0.150. The van der Waals surface area contributed by atoms with E-state index in [9.17, 15) is 14.4 Å². The van der Waals surface area contributed by atoms with Gasteiger partial charge in [0.15, 0.2) is 0 Å². The molecule has 1 heterocycles. The average Bonchev–Trinajstić information content (AvgIpc) is 2.39. The van der Waals surface area contributed by atoms with E-state index in [0.29, 0.717) is 12.8 Å². The number of likely N-dealkylation sites (N-methyl/N-ethyl adjacent to an activating group) is 1. The Balaban J connectivity index is 1.94. The second-order valence-electron chi connectivity index (χ2n) is 6.05. The molecule has 3 amide bonds. The number of likely N-dealkylation sites (tertiary alicyclic amines) is 1. The molecular formula is C14H23N3O3. The normalized spacial score (nSPS) is 35.0. The van der Waals surface area contributed by atoms with Gasteiger partial charge in [-0.3, -0.25) is 19.3 Å². The summed E-state index contributed by atoms with van der Waals surface area (Å²) >= 11 is 0. The molecule has 0 radical (unpaired) electrons. The van der Waals surface area contributed by atoms with Crippen LogP contribution in [-0.2, 0) is 14.4 Å². The maximum absolute atomic E-state index is 12.3. The molecule has 3 N–H and O–H groups in total. The lowest BCUT2D eigenvalue weighted by Gasteiger charge is -2.34. The molecule has 1 aliphatic carbocycles. The Bertz CT molecular complexity index is 424. The van der Waals surface area contributed by atoms with Crippen LogP contribution in [0, 0.1) is 11.8 Å². The van der Waals surface area contributed by atoms with Crippen LogP contribution in [0.2, 0.25) is 0 Å². The molecule has 1 aliphatic heterocycles. The highest BCUT2D eigenvalue weighted by Crippen LogP contribution is 2.29. The van der Waals surface area contributed by atoms with E-state index in [4.69, 9.17) is 5.73 Å². The molecule has 4 unspecified atom stereocenters. The van der Waals surface area contributed by atoms with Gasteiger partial charge in [0.2, 0.25) is 11.8 Å². The number of amides is 3. The van der Waals surface area contributed by atoms with Gasteiger partial charge in [-0.05, 0) is 31.6 Å². The van der Waals surface area contributed by atoms with Crippen molar-refractivity contribution in [2.24, 2.45) is 17.6 Å². The summed E-state index contributed by atoms with van der Waals surface area (Å²) in [5.74, 6) is -0.417. The largest absolute Gasteiger partial charge is 0.344 e. The fraction of sp³-hybridized carbons (Fsp3) is 0.786. The maximum atomic E-state index is 12.3. The third kappa shape index (κ3) is 3.00. The summed E-state index contributed by atoms with van der Waals surface area (Å²) in [6.07, 6.45) is 3.16. The van der Waals surface area contributed by atoms with Gasteiger partial charge in [-0.1, -0.05) is 6.92 Å². The average molecular weight is 281 g/mol. The standard InChI is InChI=1S/C14H23N3O3/c1-8-7-9(15)3-4-10(8)13(19)16-11-5-6-12(18)17(2)14(11)20/h8-11H,3-7,15H2,1-2H3,(H,16,19). The molecule has 2 fully saturated rings. The first kappa shape index (κ1) is 15.0. The van der Waals surface area contributed by atoms with E-state index in [1.165, 1.54) is 7.05 Å². The number of nitrogens with zero attached hydrogens (tertiary/aromatic N) is 1. The number of hydrogen-bond donors (Lipinski definition) is 2. The number of piperidine rings is 1. The van der Waals surface area contributed by atoms with Crippen LogP contribution < -0.4 is 11.1 Å². The molecule has 0 aromatic carbocycles. The molecule has 1 saturated heterocycles. The van der Waals surface area contributed by atoms with Crippen molar-refractivity contribution >= 4 is 17.7 Å². The maximum Gasteiger partial charge on any atom is 0.251 e. The second kappa shape index (κ2) is 5.91. The van der Waals surface area contributed by atoms with E-state index in [2.05, 4.69) is 5.32 Å². The molecule has 6 nitrogen and oxygen atoms in total. The van der Waals surface area contributed by atoms with E-state index >= 15 is 0 Å². The van der Waals surface area contributed by atoms with Crippen LogP contribution >= 0.6 is 0 Å². The van der Waals surface area contributed by atoms with Crippen molar-refractivity contribution in [2.75, 3.05) is 7.05 Å². The first-order valence-corrected chi connectivity index (χ1v) is 7.26. The van der Waals surface area contributed by atoms with Crippen molar-refractivity contribution < 1.29 is 14.4 Å². The number of carbonyl (C=O) groups excluding carboxylic acids is 3. The van der Waals surface area contributed by atoms with Gasteiger partial charge in [-0.25, -0.2) is 0 Å². The summed E-state index contributed by atoms with van der Waals surface area (Å²) in [4.78, 5) is 36.8. The zero-order valence-corrected chi connectivity index (χ0v) is 12.1. The zero-order valence-electron chi connectivity index (χ0n) is 12.1. The number of carbonyl (C=O) groups is 3. The van der Waals surface area contributed by atoms with Crippen LogP contribution in [0.3, 0.4) is 0 Å². The minimum absolute atomic E-state index is 0.0782. The van der Waals surface area contributed by atoms with Crippen molar-refractivity contribution in [1.82, 2.24) is 10.2 Å². The molecule has 1 saturated carbocycles. The van der Waals surface area contributed by atoms with E-state index < -0.39 is 6.04 Å². The van der Waals surface area contributed by atoms with Crippen LogP contribution in [0.5, 0.6) is 0 Å². The van der Waals surface area contributed by atoms with Crippen LogP contribution in [-0.4, -0.2) is 41.8 Å². The van der Waals surface area contributed by atoms with E-state index in [1.807, 2.05) is 6.92 Å². The Morgan fingerprint density at radius 2 is 2.00 bits per heavy atom. The predicted molar refractivity (Wildman–Crippen MR) is 73.4 cm³/mol. The molecule has 2 aliphatic rings. The Kier molecular flexibility index (Phi) is 4.42. The van der Waals surface area contributed by atoms with Crippen molar-refractivity contribution in [2.45, 2.75) is 51.1 Å². The SMILES string of the molecule is CC1CC(N)CCC1C(=O)NC1CCC(=O)N(C)C1=O. The Labute approximate surface area is 119 Å². The first-order chi connectivity index (χ1) is 9.40. The van der Waals surface area contributed by atoms with Crippen molar-refractivity contribution in [3.05, 3.63) is 0 Å². The second-order valence-corrected chi connectivity index (χ2v) is 6.05. The van der Waals surface area contributed by atoms with Crippen LogP contribution in [0.4, 0.5) is 0 Å². The molecule has 2 rings (SSSR count). The van der Waals surface area contributed by atoms with Gasteiger partial charge in [0.25, 0.3) is 5.91 Å². The van der Waals surface area contributed by atoms with Crippen molar-refractivity contribution in [1.29, 1.82) is 0 Å². The van der Waals surface area contributed by atoms with E-state index in [-0.39, 0.29) is 35.6 Å². The van der Waals surface area contributed by atoms with E-state index in [0.717, 1.165) is 24.2 Å². The van der Waals surface area contributed by atoms with Gasteiger partial charge in [-0.15, -0.1) is 0 Å². The Morgan fingerprint density at radius 3 is 2.65 bits per heavy atom. The highest BCUT2D eigenvalue weighted by Gasteiger charge is 2.36. The predicted octanol–water partition coefficient (Wildman–Crippen LogP) is 0.0135. The molecule has 0 aromatic rings. The highest BCUT2D eigenvalue weighted by molar-refractivity contribution is 6.01. The quantitative estimate of drug-likeness (QED) is 0.698. The lowest BCUT2D eigenvalue weighted by Crippen LogP contribution is -2.54. The van der Waals surface area contributed by atoms with Gasteiger partial charge < -0.3 is 11.1 Å². The third-order valence-corrected chi connectivity index (χ3v) is 4.51. The van der Waals surface area contributed by atoms with Gasteiger partial charge in [0, 0.05) is 25.4 Å². The summed E-state index contributed by atoms with van der Waals surface area (Å²) in [5, 5.41) is 2.81.